The predicted octanol–water partition coefficient (Wildman–Crippen LogP) is 4.49. The van der Waals surface area contributed by atoms with Crippen LogP contribution in [0.15, 0.2) is 47.4 Å². The standard InChI is InChI=1S/C22H16F5NO6S/c1-33-13-6-3-11(4-7-13)10-28(12-5-8-15(34-2)14(23)9-12)35(31,32)21-16(22(29)30)17(24)18(25)19(26)20(21)27/h3-9H,10H2,1-2H3,(H,29,30). The molecular weight excluding hydrogens is 501 g/mol. The highest BCUT2D eigenvalue weighted by Crippen LogP contribution is 2.35. The molecule has 35 heavy (non-hydrogen) atoms. The highest BCUT2D eigenvalue weighted by atomic mass is 32.2. The number of nitrogens with zero attached hydrogens (tertiary/aromatic N) is 1. The Morgan fingerprint density at radius 1 is 0.886 bits per heavy atom. The Kier molecular flexibility index (Phi) is 7.19. The molecule has 0 aliphatic heterocycles. The molecule has 186 valence electrons. The number of anilines is 1. The van der Waals surface area contributed by atoms with Gasteiger partial charge in [-0.2, -0.15) is 0 Å². The van der Waals surface area contributed by atoms with Crippen LogP contribution in [0.3, 0.4) is 0 Å². The van der Waals surface area contributed by atoms with Crippen LogP contribution in [-0.2, 0) is 16.6 Å². The number of carbonyl (C=O) groups is 1. The fraction of sp³-hybridized carbons (Fsp3) is 0.136. The van der Waals surface area contributed by atoms with Crippen LogP contribution in [0.5, 0.6) is 11.5 Å². The Labute approximate surface area is 196 Å². The largest absolute Gasteiger partial charge is 0.497 e. The Morgan fingerprint density at radius 2 is 1.49 bits per heavy atom. The lowest BCUT2D eigenvalue weighted by molar-refractivity contribution is 0.0684. The summed E-state index contributed by atoms with van der Waals surface area (Å²) in [6.07, 6.45) is 0. The maximum atomic E-state index is 14.7. The van der Waals surface area contributed by atoms with Crippen LogP contribution in [0.2, 0.25) is 0 Å². The van der Waals surface area contributed by atoms with Crippen molar-refractivity contribution < 1.29 is 49.7 Å². The second-order valence-electron chi connectivity index (χ2n) is 6.94. The van der Waals surface area contributed by atoms with Gasteiger partial charge in [-0.1, -0.05) is 12.1 Å². The minimum absolute atomic E-state index is 0.214. The molecule has 1 N–H and O–H groups in total. The summed E-state index contributed by atoms with van der Waals surface area (Å²) in [6, 6.07) is 8.40. The first kappa shape index (κ1) is 25.7. The average molecular weight is 517 g/mol. The maximum Gasteiger partial charge on any atom is 0.340 e. The Balaban J connectivity index is 2.30. The molecule has 0 bridgehead atoms. The third-order valence-corrected chi connectivity index (χ3v) is 6.71. The Hall–Kier alpha value is -3.87. The van der Waals surface area contributed by atoms with E-state index >= 15 is 0 Å². The summed E-state index contributed by atoms with van der Waals surface area (Å²) in [5.74, 6) is -13.2. The highest BCUT2D eigenvalue weighted by molar-refractivity contribution is 7.92. The second kappa shape index (κ2) is 9.78. The van der Waals surface area contributed by atoms with Crippen LogP contribution in [0.25, 0.3) is 0 Å². The lowest BCUT2D eigenvalue weighted by Crippen LogP contribution is -2.33. The third kappa shape index (κ3) is 4.71. The number of carboxylic acids is 1. The molecule has 0 aliphatic rings. The SMILES string of the molecule is COc1ccc(CN(c2ccc(OC)c(F)c2)S(=O)(=O)c2c(F)c(F)c(F)c(F)c2C(=O)O)cc1. The fourth-order valence-corrected chi connectivity index (χ4v) is 4.86. The van der Waals surface area contributed by atoms with E-state index in [1.54, 1.807) is 0 Å². The molecule has 0 amide bonds. The van der Waals surface area contributed by atoms with E-state index in [0.29, 0.717) is 16.1 Å². The van der Waals surface area contributed by atoms with Gasteiger partial charge in [-0.05, 0) is 29.8 Å². The smallest absolute Gasteiger partial charge is 0.340 e. The average Bonchev–Trinajstić information content (AvgIpc) is 2.83. The molecule has 0 radical (unpaired) electrons. The molecule has 0 aliphatic carbocycles. The van der Waals surface area contributed by atoms with Gasteiger partial charge < -0.3 is 14.6 Å². The maximum absolute atomic E-state index is 14.7. The first-order valence-electron chi connectivity index (χ1n) is 9.52. The molecule has 0 spiro atoms. The molecule has 3 aromatic carbocycles. The number of halogens is 5. The molecule has 0 saturated heterocycles. The van der Waals surface area contributed by atoms with Gasteiger partial charge in [-0.25, -0.2) is 35.2 Å². The molecule has 0 atom stereocenters. The van der Waals surface area contributed by atoms with Crippen molar-refractivity contribution in [3.05, 3.63) is 82.7 Å². The molecule has 0 unspecified atom stereocenters. The lowest BCUT2D eigenvalue weighted by atomic mass is 10.2. The summed E-state index contributed by atoms with van der Waals surface area (Å²) < 4.78 is 108. The number of ether oxygens (including phenoxy) is 2. The highest BCUT2D eigenvalue weighted by Gasteiger charge is 2.39. The molecule has 0 heterocycles. The van der Waals surface area contributed by atoms with Crippen molar-refractivity contribution in [1.29, 1.82) is 0 Å². The minimum Gasteiger partial charge on any atom is -0.497 e. The van der Waals surface area contributed by atoms with E-state index in [-0.39, 0.29) is 11.3 Å². The van der Waals surface area contributed by atoms with Crippen molar-refractivity contribution in [2.24, 2.45) is 0 Å². The zero-order chi connectivity index (χ0) is 26.1. The number of methoxy groups -OCH3 is 2. The van der Waals surface area contributed by atoms with Crippen LogP contribution >= 0.6 is 0 Å². The number of carboxylic acid groups (broad SMARTS) is 1. The van der Waals surface area contributed by atoms with Gasteiger partial charge in [0.15, 0.2) is 34.8 Å². The third-order valence-electron chi connectivity index (χ3n) is 4.89. The van der Waals surface area contributed by atoms with Crippen LogP contribution < -0.4 is 13.8 Å². The molecular formula is C22H16F5NO6S. The molecule has 3 rings (SSSR count). The van der Waals surface area contributed by atoms with Crippen molar-refractivity contribution in [3.63, 3.8) is 0 Å². The zero-order valence-electron chi connectivity index (χ0n) is 18.0. The molecule has 0 aromatic heterocycles. The first-order valence-corrected chi connectivity index (χ1v) is 11.0. The van der Waals surface area contributed by atoms with Gasteiger partial charge >= 0.3 is 5.97 Å². The van der Waals surface area contributed by atoms with Gasteiger partial charge in [0.1, 0.15) is 16.2 Å². The number of sulfonamides is 1. The Morgan fingerprint density at radius 3 is 2.00 bits per heavy atom. The molecule has 13 heteroatoms. The number of benzene rings is 3. The monoisotopic (exact) mass is 517 g/mol. The van der Waals surface area contributed by atoms with Gasteiger partial charge in [0.25, 0.3) is 10.0 Å². The van der Waals surface area contributed by atoms with E-state index in [4.69, 9.17) is 9.47 Å². The van der Waals surface area contributed by atoms with Gasteiger partial charge in [0, 0.05) is 6.07 Å². The van der Waals surface area contributed by atoms with Crippen LogP contribution in [0.1, 0.15) is 15.9 Å². The van der Waals surface area contributed by atoms with E-state index < -0.39 is 67.8 Å². The van der Waals surface area contributed by atoms with Crippen molar-refractivity contribution in [2.75, 3.05) is 18.5 Å². The van der Waals surface area contributed by atoms with Crippen LogP contribution in [0, 0.1) is 29.1 Å². The van der Waals surface area contributed by atoms with E-state index in [2.05, 4.69) is 0 Å². The van der Waals surface area contributed by atoms with Gasteiger partial charge in [-0.15, -0.1) is 0 Å². The second-order valence-corrected chi connectivity index (χ2v) is 8.74. The molecule has 3 aromatic rings. The number of hydrogen-bond donors (Lipinski definition) is 1. The van der Waals surface area contributed by atoms with E-state index in [1.807, 2.05) is 0 Å². The number of rotatable bonds is 8. The summed E-state index contributed by atoms with van der Waals surface area (Å²) >= 11 is 0. The fourth-order valence-electron chi connectivity index (χ4n) is 3.18. The van der Waals surface area contributed by atoms with Crippen LogP contribution in [-0.4, -0.2) is 33.7 Å². The van der Waals surface area contributed by atoms with Crippen molar-refractivity contribution in [1.82, 2.24) is 0 Å². The van der Waals surface area contributed by atoms with Gasteiger partial charge in [0.05, 0.1) is 26.5 Å². The van der Waals surface area contributed by atoms with E-state index in [9.17, 15) is 40.3 Å². The van der Waals surface area contributed by atoms with Crippen molar-refractivity contribution >= 4 is 21.7 Å². The summed E-state index contributed by atoms with van der Waals surface area (Å²) in [6.45, 7) is -0.669. The zero-order valence-corrected chi connectivity index (χ0v) is 18.8. The van der Waals surface area contributed by atoms with E-state index in [1.165, 1.54) is 31.4 Å². The number of aromatic carboxylic acids is 1. The van der Waals surface area contributed by atoms with Crippen molar-refractivity contribution in [2.45, 2.75) is 11.4 Å². The number of hydrogen-bond acceptors (Lipinski definition) is 5. The van der Waals surface area contributed by atoms with E-state index in [0.717, 1.165) is 19.2 Å². The summed E-state index contributed by atoms with van der Waals surface area (Å²) in [5.41, 5.74) is -2.21. The molecule has 0 fully saturated rings. The normalized spacial score (nSPS) is 11.3. The first-order chi connectivity index (χ1) is 16.4. The molecule has 0 saturated carbocycles. The van der Waals surface area contributed by atoms with Crippen molar-refractivity contribution in [3.8, 4) is 11.5 Å². The predicted molar refractivity (Wildman–Crippen MR) is 113 cm³/mol. The summed E-state index contributed by atoms with van der Waals surface area (Å²) in [4.78, 5) is 9.59. The minimum atomic E-state index is -5.48. The lowest BCUT2D eigenvalue weighted by Gasteiger charge is -2.26. The van der Waals surface area contributed by atoms with Gasteiger partial charge in [-0.3, -0.25) is 4.31 Å². The van der Waals surface area contributed by atoms with Crippen LogP contribution in [0.4, 0.5) is 27.6 Å². The molecule has 7 nitrogen and oxygen atoms in total. The Bertz CT molecular complexity index is 1400. The summed E-state index contributed by atoms with van der Waals surface area (Å²) in [7, 11) is -2.96. The summed E-state index contributed by atoms with van der Waals surface area (Å²) in [5, 5.41) is 9.29. The quantitative estimate of drug-likeness (QED) is 0.269. The van der Waals surface area contributed by atoms with Gasteiger partial charge in [0.2, 0.25) is 0 Å². The topological polar surface area (TPSA) is 93.1 Å².